The minimum atomic E-state index is -3.75. The number of para-hydroxylation sites is 1. The third kappa shape index (κ3) is 7.28. The molecule has 2 N–H and O–H groups in total. The van der Waals surface area contributed by atoms with E-state index in [2.05, 4.69) is 45.0 Å². The summed E-state index contributed by atoms with van der Waals surface area (Å²) >= 11 is 1.75. The SMILES string of the molecule is CCc1cccc2sc(N3CCN(CCNC(=O)c4ccc(NS(=O)(=O)c5ccc(OC)cc5)cc4)CC3)nc12.Cl. The van der Waals surface area contributed by atoms with Crippen LogP contribution in [0.25, 0.3) is 10.2 Å². The Morgan fingerprint density at radius 2 is 1.71 bits per heavy atom. The van der Waals surface area contributed by atoms with E-state index in [9.17, 15) is 13.2 Å². The zero-order chi connectivity index (χ0) is 28.1. The van der Waals surface area contributed by atoms with E-state index in [4.69, 9.17) is 9.72 Å². The van der Waals surface area contributed by atoms with Crippen LogP contribution in [0.1, 0.15) is 22.8 Å². The summed E-state index contributed by atoms with van der Waals surface area (Å²) in [6.07, 6.45) is 0.980. The van der Waals surface area contributed by atoms with Crippen molar-refractivity contribution in [3.05, 3.63) is 77.9 Å². The van der Waals surface area contributed by atoms with Crippen LogP contribution in [0.4, 0.5) is 10.8 Å². The van der Waals surface area contributed by atoms with E-state index in [1.165, 1.54) is 29.5 Å². The Balaban J connectivity index is 0.00000387. The quantitative estimate of drug-likeness (QED) is 0.268. The predicted octanol–water partition coefficient (Wildman–Crippen LogP) is 4.64. The van der Waals surface area contributed by atoms with Crippen LogP contribution in [0.5, 0.6) is 5.75 Å². The van der Waals surface area contributed by atoms with Crippen molar-refractivity contribution in [1.29, 1.82) is 0 Å². The van der Waals surface area contributed by atoms with E-state index in [1.807, 2.05) is 0 Å². The second-order valence-electron chi connectivity index (χ2n) is 9.56. The minimum absolute atomic E-state index is 0. The molecule has 1 aromatic heterocycles. The molecule has 0 saturated carbocycles. The van der Waals surface area contributed by atoms with Gasteiger partial charge in [-0.15, -0.1) is 12.4 Å². The third-order valence-corrected chi connectivity index (χ3v) is 9.48. The number of methoxy groups -OCH3 is 1. The summed E-state index contributed by atoms with van der Waals surface area (Å²) in [6, 6.07) is 18.9. The topological polar surface area (TPSA) is 104 Å². The number of halogens is 1. The Hall–Kier alpha value is -3.38. The normalized spacial score (nSPS) is 14.0. The molecular weight excluding hydrogens is 582 g/mol. The lowest BCUT2D eigenvalue weighted by molar-refractivity contribution is 0.0948. The highest BCUT2D eigenvalue weighted by Crippen LogP contribution is 2.31. The van der Waals surface area contributed by atoms with Gasteiger partial charge in [0.15, 0.2) is 5.13 Å². The Morgan fingerprint density at radius 3 is 2.37 bits per heavy atom. The van der Waals surface area contributed by atoms with Crippen molar-refractivity contribution in [3.63, 3.8) is 0 Å². The third-order valence-electron chi connectivity index (χ3n) is 7.00. The molecule has 12 heteroatoms. The molecule has 5 rings (SSSR count). The van der Waals surface area contributed by atoms with Gasteiger partial charge in [0.05, 0.1) is 22.2 Å². The highest BCUT2D eigenvalue weighted by molar-refractivity contribution is 7.92. The molecule has 3 aromatic carbocycles. The van der Waals surface area contributed by atoms with Crippen LogP contribution in [0.15, 0.2) is 71.6 Å². The van der Waals surface area contributed by atoms with Crippen LogP contribution in [0, 0.1) is 0 Å². The Morgan fingerprint density at radius 1 is 1.00 bits per heavy atom. The number of carbonyl (C=O) groups excluding carboxylic acids is 1. The molecule has 0 radical (unpaired) electrons. The lowest BCUT2D eigenvalue weighted by Gasteiger charge is -2.34. The van der Waals surface area contributed by atoms with Gasteiger partial charge < -0.3 is 15.0 Å². The number of fused-ring (bicyclic) bond motifs is 1. The first-order valence-electron chi connectivity index (χ1n) is 13.3. The number of carbonyl (C=O) groups is 1. The molecule has 1 fully saturated rings. The molecule has 1 saturated heterocycles. The second-order valence-corrected chi connectivity index (χ2v) is 12.2. The number of piperazine rings is 1. The maximum absolute atomic E-state index is 12.6. The summed E-state index contributed by atoms with van der Waals surface area (Å²) in [4.78, 5) is 22.4. The van der Waals surface area contributed by atoms with Gasteiger partial charge in [0.2, 0.25) is 0 Å². The van der Waals surface area contributed by atoms with Gasteiger partial charge in [0.25, 0.3) is 15.9 Å². The van der Waals surface area contributed by atoms with Crippen LogP contribution in [0.2, 0.25) is 0 Å². The number of rotatable bonds is 10. The van der Waals surface area contributed by atoms with Crippen LogP contribution in [-0.2, 0) is 16.4 Å². The molecular formula is C29H34ClN5O4S2. The highest BCUT2D eigenvalue weighted by Gasteiger charge is 2.20. The van der Waals surface area contributed by atoms with Gasteiger partial charge in [-0.05, 0) is 66.6 Å². The largest absolute Gasteiger partial charge is 0.497 e. The summed E-state index contributed by atoms with van der Waals surface area (Å²) in [5.74, 6) is 0.385. The van der Waals surface area contributed by atoms with E-state index >= 15 is 0 Å². The molecule has 218 valence electrons. The number of hydrogen-bond donors (Lipinski definition) is 2. The number of benzene rings is 3. The number of hydrogen-bond acceptors (Lipinski definition) is 8. The number of aryl methyl sites for hydroxylation is 1. The average Bonchev–Trinajstić information content (AvgIpc) is 3.42. The molecule has 1 aliphatic heterocycles. The van der Waals surface area contributed by atoms with Crippen molar-refractivity contribution in [2.75, 3.05) is 56.0 Å². The summed E-state index contributed by atoms with van der Waals surface area (Å²) in [5, 5.41) is 4.05. The fourth-order valence-electron chi connectivity index (χ4n) is 4.67. The predicted molar refractivity (Wildman–Crippen MR) is 167 cm³/mol. The van der Waals surface area contributed by atoms with E-state index in [1.54, 1.807) is 47.7 Å². The van der Waals surface area contributed by atoms with Gasteiger partial charge in [0, 0.05) is 50.5 Å². The van der Waals surface area contributed by atoms with Crippen molar-refractivity contribution in [2.45, 2.75) is 18.2 Å². The van der Waals surface area contributed by atoms with Gasteiger partial charge in [-0.3, -0.25) is 14.4 Å². The summed E-state index contributed by atoms with van der Waals surface area (Å²) in [7, 11) is -2.23. The first kappa shape index (κ1) is 30.6. The number of sulfonamides is 1. The van der Waals surface area contributed by atoms with E-state index in [-0.39, 0.29) is 23.2 Å². The van der Waals surface area contributed by atoms with Crippen molar-refractivity contribution in [2.24, 2.45) is 0 Å². The number of nitrogens with zero attached hydrogens (tertiary/aromatic N) is 3. The number of anilines is 2. The molecule has 0 atom stereocenters. The molecule has 0 unspecified atom stereocenters. The first-order valence-corrected chi connectivity index (χ1v) is 15.6. The summed E-state index contributed by atoms with van der Waals surface area (Å²) in [6.45, 7) is 7.09. The van der Waals surface area contributed by atoms with Gasteiger partial charge >= 0.3 is 0 Å². The standard InChI is InChI=1S/C29H33N5O4S2.ClH/c1-3-21-5-4-6-26-27(21)31-29(39-26)34-19-17-33(18-20-34)16-15-30-28(35)22-7-9-23(10-8-22)32-40(36,37)25-13-11-24(38-2)12-14-25;/h4-14,32H,3,15-20H2,1-2H3,(H,30,35);1H. The lowest BCUT2D eigenvalue weighted by Crippen LogP contribution is -2.48. The molecule has 0 aliphatic carbocycles. The fourth-order valence-corrected chi connectivity index (χ4v) is 6.79. The van der Waals surface area contributed by atoms with Crippen molar-refractivity contribution >= 4 is 60.7 Å². The average molecular weight is 616 g/mol. The van der Waals surface area contributed by atoms with Crippen LogP contribution >= 0.6 is 23.7 Å². The molecule has 0 spiro atoms. The maximum Gasteiger partial charge on any atom is 0.261 e. The number of nitrogens with one attached hydrogen (secondary N) is 2. The van der Waals surface area contributed by atoms with E-state index in [0.29, 0.717) is 23.5 Å². The van der Waals surface area contributed by atoms with Gasteiger partial charge in [-0.2, -0.15) is 0 Å². The fraction of sp³-hybridized carbons (Fsp3) is 0.310. The second kappa shape index (κ2) is 13.5. The number of amides is 1. The molecule has 1 aliphatic rings. The van der Waals surface area contributed by atoms with Crippen LogP contribution in [0.3, 0.4) is 0 Å². The minimum Gasteiger partial charge on any atom is -0.497 e. The lowest BCUT2D eigenvalue weighted by atomic mass is 10.1. The van der Waals surface area contributed by atoms with Crippen molar-refractivity contribution in [1.82, 2.24) is 15.2 Å². The first-order chi connectivity index (χ1) is 19.4. The van der Waals surface area contributed by atoms with Gasteiger partial charge in [0.1, 0.15) is 5.75 Å². The molecule has 9 nitrogen and oxygen atoms in total. The number of thiazole rings is 1. The molecule has 4 aromatic rings. The molecule has 2 heterocycles. The van der Waals surface area contributed by atoms with Gasteiger partial charge in [-0.25, -0.2) is 13.4 Å². The highest BCUT2D eigenvalue weighted by atomic mass is 35.5. The van der Waals surface area contributed by atoms with Crippen LogP contribution in [-0.4, -0.2) is 70.6 Å². The van der Waals surface area contributed by atoms with Crippen LogP contribution < -0.4 is 19.7 Å². The monoisotopic (exact) mass is 615 g/mol. The number of ether oxygens (including phenoxy) is 1. The van der Waals surface area contributed by atoms with Crippen molar-refractivity contribution < 1.29 is 17.9 Å². The molecule has 41 heavy (non-hydrogen) atoms. The smallest absolute Gasteiger partial charge is 0.261 e. The van der Waals surface area contributed by atoms with E-state index < -0.39 is 10.0 Å². The molecule has 0 bridgehead atoms. The Kier molecular flexibility index (Phi) is 10.1. The Labute approximate surface area is 251 Å². The Bertz CT molecular complexity index is 1570. The molecule has 1 amide bonds. The summed E-state index contributed by atoms with van der Waals surface area (Å²) in [5.41, 5.74) is 3.26. The maximum atomic E-state index is 12.6. The zero-order valence-corrected chi connectivity index (χ0v) is 25.4. The van der Waals surface area contributed by atoms with E-state index in [0.717, 1.165) is 49.8 Å². The van der Waals surface area contributed by atoms with Crippen molar-refractivity contribution in [3.8, 4) is 5.75 Å². The zero-order valence-electron chi connectivity index (χ0n) is 23.0. The number of aromatic nitrogens is 1. The van der Waals surface area contributed by atoms with Gasteiger partial charge in [-0.1, -0.05) is 30.4 Å². The summed E-state index contributed by atoms with van der Waals surface area (Å²) < 4.78 is 34.1.